The third kappa shape index (κ3) is 6.26. The van der Waals surface area contributed by atoms with Gasteiger partial charge in [0.15, 0.2) is 0 Å². The molecule has 7 nitrogen and oxygen atoms in total. The van der Waals surface area contributed by atoms with E-state index in [0.717, 1.165) is 10.0 Å². The molecule has 0 atom stereocenters. The van der Waals surface area contributed by atoms with E-state index >= 15 is 0 Å². The fourth-order valence-corrected chi connectivity index (χ4v) is 3.18. The van der Waals surface area contributed by atoms with Gasteiger partial charge in [0.25, 0.3) is 0 Å². The summed E-state index contributed by atoms with van der Waals surface area (Å²) in [6.45, 7) is 1.80. The van der Waals surface area contributed by atoms with E-state index in [0.29, 0.717) is 21.8 Å². The molecular formula is C23H17BrClN3O4. The van der Waals surface area contributed by atoms with Gasteiger partial charge in [-0.25, -0.2) is 10.2 Å². The topological polar surface area (TPSA) is 96.9 Å². The lowest BCUT2D eigenvalue weighted by Gasteiger charge is -2.08. The Morgan fingerprint density at radius 2 is 1.72 bits per heavy atom. The molecular weight excluding hydrogens is 498 g/mol. The number of carbonyl (C=O) groups excluding carboxylic acids is 3. The molecule has 3 aromatic rings. The highest BCUT2D eigenvalue weighted by Crippen LogP contribution is 2.20. The summed E-state index contributed by atoms with van der Waals surface area (Å²) >= 11 is 9.17. The minimum Gasteiger partial charge on any atom is -0.422 e. The number of amides is 2. The summed E-state index contributed by atoms with van der Waals surface area (Å²) < 4.78 is 6.27. The Morgan fingerprint density at radius 3 is 2.44 bits per heavy atom. The molecule has 0 fully saturated rings. The van der Waals surface area contributed by atoms with Crippen LogP contribution in [0, 0.1) is 6.92 Å². The van der Waals surface area contributed by atoms with Gasteiger partial charge in [-0.1, -0.05) is 39.7 Å². The zero-order valence-corrected chi connectivity index (χ0v) is 19.1. The lowest BCUT2D eigenvalue weighted by Crippen LogP contribution is -2.32. The van der Waals surface area contributed by atoms with Gasteiger partial charge in [0, 0.05) is 20.7 Å². The standard InChI is InChI=1S/C23H17BrClN3O4/c1-14-12-17(24)8-11-19(14)27-21(29)22(30)28-26-13-16-4-2-3-5-20(16)32-23(31)15-6-9-18(25)10-7-15/h2-13H,1H3,(H,27,29)(H,28,30). The highest BCUT2D eigenvalue weighted by molar-refractivity contribution is 9.10. The van der Waals surface area contributed by atoms with E-state index in [1.807, 2.05) is 6.07 Å². The number of anilines is 1. The lowest BCUT2D eigenvalue weighted by molar-refractivity contribution is -0.136. The van der Waals surface area contributed by atoms with Crippen LogP contribution in [-0.2, 0) is 9.59 Å². The summed E-state index contributed by atoms with van der Waals surface area (Å²) in [5.74, 6) is -2.15. The number of nitrogens with one attached hydrogen (secondary N) is 2. The second-order valence-electron chi connectivity index (χ2n) is 6.55. The van der Waals surface area contributed by atoms with Crippen molar-refractivity contribution >= 4 is 57.2 Å². The zero-order valence-electron chi connectivity index (χ0n) is 16.8. The number of halogens is 2. The normalized spacial score (nSPS) is 10.6. The molecule has 162 valence electrons. The zero-order chi connectivity index (χ0) is 23.1. The second-order valence-corrected chi connectivity index (χ2v) is 7.90. The highest BCUT2D eigenvalue weighted by Gasteiger charge is 2.15. The van der Waals surface area contributed by atoms with Crippen molar-refractivity contribution in [1.29, 1.82) is 0 Å². The first-order valence-electron chi connectivity index (χ1n) is 9.31. The molecule has 0 unspecified atom stereocenters. The van der Waals surface area contributed by atoms with Crippen LogP contribution in [0.2, 0.25) is 5.02 Å². The average Bonchev–Trinajstić information content (AvgIpc) is 2.77. The minimum absolute atomic E-state index is 0.236. The molecule has 0 aromatic heterocycles. The van der Waals surface area contributed by atoms with E-state index in [1.165, 1.54) is 6.21 Å². The number of benzene rings is 3. The number of hydrogen-bond acceptors (Lipinski definition) is 5. The number of aryl methyl sites for hydroxylation is 1. The van der Waals surface area contributed by atoms with E-state index in [2.05, 4.69) is 31.8 Å². The van der Waals surface area contributed by atoms with E-state index in [1.54, 1.807) is 67.6 Å². The first-order chi connectivity index (χ1) is 15.3. The number of rotatable bonds is 5. The fraction of sp³-hybridized carbons (Fsp3) is 0.0435. The van der Waals surface area contributed by atoms with Crippen molar-refractivity contribution in [3.05, 3.63) is 92.9 Å². The van der Waals surface area contributed by atoms with Gasteiger partial charge in [-0.05, 0) is 67.1 Å². The fourth-order valence-electron chi connectivity index (χ4n) is 2.58. The Kier molecular flexibility index (Phi) is 7.75. The van der Waals surface area contributed by atoms with Gasteiger partial charge in [-0.3, -0.25) is 9.59 Å². The SMILES string of the molecule is Cc1cc(Br)ccc1NC(=O)C(=O)NN=Cc1ccccc1OC(=O)c1ccc(Cl)cc1. The van der Waals surface area contributed by atoms with Crippen molar-refractivity contribution in [1.82, 2.24) is 5.43 Å². The van der Waals surface area contributed by atoms with E-state index < -0.39 is 17.8 Å². The van der Waals surface area contributed by atoms with E-state index in [9.17, 15) is 14.4 Å². The van der Waals surface area contributed by atoms with Crippen molar-refractivity contribution in [2.24, 2.45) is 5.10 Å². The third-order valence-electron chi connectivity index (χ3n) is 4.21. The van der Waals surface area contributed by atoms with Crippen LogP contribution in [0.5, 0.6) is 5.75 Å². The minimum atomic E-state index is -0.945. The smallest absolute Gasteiger partial charge is 0.343 e. The molecule has 0 radical (unpaired) electrons. The van der Waals surface area contributed by atoms with Crippen LogP contribution in [0.3, 0.4) is 0 Å². The van der Waals surface area contributed by atoms with Crippen LogP contribution in [0.15, 0.2) is 76.3 Å². The van der Waals surface area contributed by atoms with Gasteiger partial charge in [0.2, 0.25) is 0 Å². The van der Waals surface area contributed by atoms with E-state index in [4.69, 9.17) is 16.3 Å². The van der Waals surface area contributed by atoms with Gasteiger partial charge >= 0.3 is 17.8 Å². The molecule has 0 aliphatic heterocycles. The largest absolute Gasteiger partial charge is 0.422 e. The molecule has 2 amide bonds. The van der Waals surface area contributed by atoms with Gasteiger partial charge in [0.05, 0.1) is 11.8 Å². The van der Waals surface area contributed by atoms with Gasteiger partial charge in [-0.2, -0.15) is 5.10 Å². The van der Waals surface area contributed by atoms with Crippen LogP contribution < -0.4 is 15.5 Å². The summed E-state index contributed by atoms with van der Waals surface area (Å²) in [4.78, 5) is 36.5. The molecule has 32 heavy (non-hydrogen) atoms. The summed E-state index contributed by atoms with van der Waals surface area (Å²) in [6.07, 6.45) is 1.28. The maximum Gasteiger partial charge on any atom is 0.343 e. The van der Waals surface area contributed by atoms with Gasteiger partial charge in [0.1, 0.15) is 5.75 Å². The molecule has 9 heteroatoms. The van der Waals surface area contributed by atoms with Crippen molar-refractivity contribution in [3.8, 4) is 5.75 Å². The summed E-state index contributed by atoms with van der Waals surface area (Å²) in [7, 11) is 0. The second kappa shape index (κ2) is 10.7. The molecule has 0 spiro atoms. The molecule has 3 aromatic carbocycles. The van der Waals surface area contributed by atoms with Crippen LogP contribution in [0.1, 0.15) is 21.5 Å². The summed E-state index contributed by atoms with van der Waals surface area (Å²) in [6, 6.07) is 18.1. The molecule has 0 aliphatic rings. The number of esters is 1. The van der Waals surface area contributed by atoms with Gasteiger partial charge < -0.3 is 10.1 Å². The lowest BCUT2D eigenvalue weighted by atomic mass is 10.2. The maximum atomic E-state index is 12.3. The number of hydrogen-bond donors (Lipinski definition) is 2. The van der Waals surface area contributed by atoms with E-state index in [-0.39, 0.29) is 5.75 Å². The maximum absolute atomic E-state index is 12.3. The van der Waals surface area contributed by atoms with Crippen molar-refractivity contribution in [2.75, 3.05) is 5.32 Å². The number of carbonyl (C=O) groups is 3. The number of ether oxygens (including phenoxy) is 1. The Bertz CT molecular complexity index is 1200. The first-order valence-corrected chi connectivity index (χ1v) is 10.5. The number of para-hydroxylation sites is 1. The first kappa shape index (κ1) is 23.2. The Morgan fingerprint density at radius 1 is 1.00 bits per heavy atom. The molecule has 0 bridgehead atoms. The number of hydrazone groups is 1. The molecule has 0 saturated carbocycles. The summed E-state index contributed by atoms with van der Waals surface area (Å²) in [5.41, 5.74) is 4.22. The Balaban J connectivity index is 1.62. The van der Waals surface area contributed by atoms with Crippen LogP contribution in [-0.4, -0.2) is 24.0 Å². The highest BCUT2D eigenvalue weighted by atomic mass is 79.9. The Hall–Kier alpha value is -3.49. The van der Waals surface area contributed by atoms with Crippen molar-refractivity contribution in [2.45, 2.75) is 6.92 Å². The van der Waals surface area contributed by atoms with Crippen molar-refractivity contribution in [3.63, 3.8) is 0 Å². The van der Waals surface area contributed by atoms with Crippen LogP contribution in [0.25, 0.3) is 0 Å². The van der Waals surface area contributed by atoms with Crippen LogP contribution in [0.4, 0.5) is 5.69 Å². The summed E-state index contributed by atoms with van der Waals surface area (Å²) in [5, 5.41) is 6.82. The number of nitrogens with zero attached hydrogens (tertiary/aromatic N) is 1. The Labute approximate surface area is 197 Å². The monoisotopic (exact) mass is 513 g/mol. The average molecular weight is 515 g/mol. The molecule has 2 N–H and O–H groups in total. The quantitative estimate of drug-likeness (QED) is 0.169. The molecule has 0 heterocycles. The van der Waals surface area contributed by atoms with Crippen molar-refractivity contribution < 1.29 is 19.1 Å². The molecule has 0 saturated heterocycles. The third-order valence-corrected chi connectivity index (χ3v) is 4.96. The van der Waals surface area contributed by atoms with Gasteiger partial charge in [-0.15, -0.1) is 0 Å². The van der Waals surface area contributed by atoms with Crippen LogP contribution >= 0.6 is 27.5 Å². The predicted molar refractivity (Wildman–Crippen MR) is 126 cm³/mol. The molecule has 3 rings (SSSR count). The molecule has 0 aliphatic carbocycles. The predicted octanol–water partition coefficient (Wildman–Crippen LogP) is 4.72.